The number of nitrogens with zero attached hydrogens (tertiary/aromatic N) is 2. The average Bonchev–Trinajstić information content (AvgIpc) is 2.78. The molecular weight excluding hydrogens is 410 g/mol. The first kappa shape index (κ1) is 24.2. The van der Waals surface area contributed by atoms with Crippen molar-refractivity contribution in [2.75, 3.05) is 32.7 Å². The summed E-state index contributed by atoms with van der Waals surface area (Å²) in [6, 6.07) is 8.32. The first-order valence-corrected chi connectivity index (χ1v) is 13.6. The fourth-order valence-corrected chi connectivity index (χ4v) is 6.58. The Morgan fingerprint density at radius 3 is 2.55 bits per heavy atom. The Kier molecular flexibility index (Phi) is 8.93. The number of piperidine rings is 2. The van der Waals surface area contributed by atoms with E-state index in [1.165, 1.54) is 32.2 Å². The molecule has 2 aliphatic rings. The van der Waals surface area contributed by atoms with Crippen LogP contribution < -0.4 is 5.32 Å². The van der Waals surface area contributed by atoms with Gasteiger partial charge in [0.2, 0.25) is 15.9 Å². The first-order chi connectivity index (χ1) is 14.9. The van der Waals surface area contributed by atoms with E-state index in [2.05, 4.69) is 17.1 Å². The second-order valence-corrected chi connectivity index (χ2v) is 11.1. The molecule has 1 N–H and O–H groups in total. The summed E-state index contributed by atoms with van der Waals surface area (Å²) in [5.41, 5.74) is 1.84. The Hall–Kier alpha value is -1.44. The molecule has 1 aromatic rings. The topological polar surface area (TPSA) is 69.7 Å². The first-order valence-electron chi connectivity index (χ1n) is 11.9. The van der Waals surface area contributed by atoms with E-state index in [-0.39, 0.29) is 17.6 Å². The van der Waals surface area contributed by atoms with Gasteiger partial charge in [0, 0.05) is 38.1 Å². The van der Waals surface area contributed by atoms with Gasteiger partial charge in [-0.25, -0.2) is 12.7 Å². The number of amides is 1. The summed E-state index contributed by atoms with van der Waals surface area (Å²) >= 11 is 0. The third kappa shape index (κ3) is 6.77. The van der Waals surface area contributed by atoms with Crippen LogP contribution in [-0.4, -0.2) is 62.3 Å². The molecule has 0 spiro atoms. The maximum atomic E-state index is 12.8. The van der Waals surface area contributed by atoms with Crippen molar-refractivity contribution in [3.05, 3.63) is 35.4 Å². The van der Waals surface area contributed by atoms with Crippen LogP contribution in [0.1, 0.15) is 63.0 Å². The second kappa shape index (κ2) is 11.4. The normalized spacial score (nSPS) is 21.8. The summed E-state index contributed by atoms with van der Waals surface area (Å²) in [6.07, 6.45) is 7.31. The molecule has 2 saturated heterocycles. The highest BCUT2D eigenvalue weighted by molar-refractivity contribution is 7.88. The number of benzene rings is 1. The lowest BCUT2D eigenvalue weighted by Gasteiger charge is -2.35. The van der Waals surface area contributed by atoms with Crippen molar-refractivity contribution in [2.24, 2.45) is 5.92 Å². The Labute approximate surface area is 188 Å². The van der Waals surface area contributed by atoms with Gasteiger partial charge in [0.25, 0.3) is 0 Å². The Bertz CT molecular complexity index is 819. The molecule has 3 rings (SSSR count). The third-order valence-electron chi connectivity index (χ3n) is 6.96. The largest absolute Gasteiger partial charge is 0.356 e. The number of carbonyl (C=O) groups excluding carboxylic acids is 1. The Morgan fingerprint density at radius 2 is 1.84 bits per heavy atom. The molecule has 0 unspecified atom stereocenters. The van der Waals surface area contributed by atoms with E-state index in [1.54, 1.807) is 4.31 Å². The zero-order valence-electron chi connectivity index (χ0n) is 19.2. The van der Waals surface area contributed by atoms with Crippen LogP contribution in [-0.2, 0) is 20.6 Å². The number of hydrogen-bond donors (Lipinski definition) is 1. The molecule has 0 aliphatic carbocycles. The summed E-state index contributed by atoms with van der Waals surface area (Å²) in [5.74, 6) is 0.0381. The number of rotatable bonds is 9. The lowest BCUT2D eigenvalue weighted by molar-refractivity contribution is -0.126. The fourth-order valence-electron chi connectivity index (χ4n) is 4.91. The van der Waals surface area contributed by atoms with Crippen LogP contribution in [0.15, 0.2) is 24.3 Å². The van der Waals surface area contributed by atoms with E-state index < -0.39 is 10.0 Å². The van der Waals surface area contributed by atoms with Gasteiger partial charge in [0.1, 0.15) is 0 Å². The summed E-state index contributed by atoms with van der Waals surface area (Å²) in [7, 11) is -3.35. The molecule has 31 heavy (non-hydrogen) atoms. The second-order valence-electron chi connectivity index (χ2n) is 9.09. The molecule has 0 bridgehead atoms. The van der Waals surface area contributed by atoms with E-state index in [0.717, 1.165) is 24.1 Å². The molecule has 1 amide bonds. The molecule has 0 aromatic heterocycles. The summed E-state index contributed by atoms with van der Waals surface area (Å²) in [4.78, 5) is 15.1. The SMILES string of the molecule is CC[C@H]1CCCCN1CCCNC(=O)C1CCN(S(=O)(=O)Cc2ccccc2C)CC1. The van der Waals surface area contributed by atoms with Gasteiger partial charge in [0.05, 0.1) is 5.75 Å². The van der Waals surface area contributed by atoms with Gasteiger partial charge in [-0.3, -0.25) is 4.79 Å². The van der Waals surface area contributed by atoms with Gasteiger partial charge in [-0.2, -0.15) is 0 Å². The average molecular weight is 450 g/mol. The van der Waals surface area contributed by atoms with E-state index >= 15 is 0 Å². The Balaban J connectivity index is 1.39. The standard InChI is InChI=1S/C24H39N3O3S/c1-3-23-11-6-7-15-26(23)16-8-14-25-24(28)21-12-17-27(18-13-21)31(29,30)19-22-10-5-4-9-20(22)2/h4-5,9-10,21,23H,3,6-8,11-19H2,1-2H3,(H,25,28)/t23-/m0/s1. The van der Waals surface area contributed by atoms with Crippen molar-refractivity contribution < 1.29 is 13.2 Å². The van der Waals surface area contributed by atoms with E-state index in [0.29, 0.717) is 38.5 Å². The molecule has 1 atom stereocenters. The predicted octanol–water partition coefficient (Wildman–Crippen LogP) is 3.31. The molecular formula is C24H39N3O3S. The molecule has 2 heterocycles. The number of nitrogens with one attached hydrogen (secondary N) is 1. The van der Waals surface area contributed by atoms with Crippen molar-refractivity contribution in [3.63, 3.8) is 0 Å². The molecule has 0 saturated carbocycles. The quantitative estimate of drug-likeness (QED) is 0.587. The third-order valence-corrected chi connectivity index (χ3v) is 8.79. The lowest BCUT2D eigenvalue weighted by Crippen LogP contribution is -2.44. The van der Waals surface area contributed by atoms with E-state index in [9.17, 15) is 13.2 Å². The number of carbonyl (C=O) groups is 1. The summed E-state index contributed by atoms with van der Waals surface area (Å²) in [5, 5.41) is 3.09. The van der Waals surface area contributed by atoms with Crippen molar-refractivity contribution in [1.82, 2.24) is 14.5 Å². The zero-order chi connectivity index (χ0) is 22.3. The van der Waals surface area contributed by atoms with Crippen LogP contribution in [0, 0.1) is 12.8 Å². The summed E-state index contributed by atoms with van der Waals surface area (Å²) in [6.45, 7) is 8.00. The predicted molar refractivity (Wildman–Crippen MR) is 125 cm³/mol. The molecule has 2 aliphatic heterocycles. The monoisotopic (exact) mass is 449 g/mol. The number of likely N-dealkylation sites (tertiary alicyclic amines) is 1. The van der Waals surface area contributed by atoms with Crippen LogP contribution in [0.2, 0.25) is 0 Å². The highest BCUT2D eigenvalue weighted by Gasteiger charge is 2.31. The molecule has 7 heteroatoms. The van der Waals surface area contributed by atoms with E-state index in [4.69, 9.17) is 0 Å². The highest BCUT2D eigenvalue weighted by Crippen LogP contribution is 2.23. The molecule has 0 radical (unpaired) electrons. The lowest BCUT2D eigenvalue weighted by atomic mass is 9.97. The minimum Gasteiger partial charge on any atom is -0.356 e. The molecule has 2 fully saturated rings. The summed E-state index contributed by atoms with van der Waals surface area (Å²) < 4.78 is 27.2. The van der Waals surface area contributed by atoms with Gasteiger partial charge in [-0.05, 0) is 63.1 Å². The zero-order valence-corrected chi connectivity index (χ0v) is 20.0. The van der Waals surface area contributed by atoms with Gasteiger partial charge >= 0.3 is 0 Å². The number of aryl methyl sites for hydroxylation is 1. The minimum atomic E-state index is -3.35. The van der Waals surface area contributed by atoms with Gasteiger partial charge in [-0.1, -0.05) is 37.6 Å². The van der Waals surface area contributed by atoms with Crippen molar-refractivity contribution in [2.45, 2.75) is 70.6 Å². The number of hydrogen-bond acceptors (Lipinski definition) is 4. The molecule has 6 nitrogen and oxygen atoms in total. The van der Waals surface area contributed by atoms with Gasteiger partial charge < -0.3 is 10.2 Å². The van der Waals surface area contributed by atoms with Crippen molar-refractivity contribution in [1.29, 1.82) is 0 Å². The molecule has 174 valence electrons. The van der Waals surface area contributed by atoms with Crippen molar-refractivity contribution in [3.8, 4) is 0 Å². The molecule has 1 aromatic carbocycles. The van der Waals surface area contributed by atoms with Crippen LogP contribution in [0.25, 0.3) is 0 Å². The maximum Gasteiger partial charge on any atom is 0.223 e. The maximum absolute atomic E-state index is 12.8. The highest BCUT2D eigenvalue weighted by atomic mass is 32.2. The van der Waals surface area contributed by atoms with Crippen LogP contribution in [0.4, 0.5) is 0 Å². The van der Waals surface area contributed by atoms with E-state index in [1.807, 2.05) is 31.2 Å². The Morgan fingerprint density at radius 1 is 1.10 bits per heavy atom. The number of sulfonamides is 1. The van der Waals surface area contributed by atoms with Gasteiger partial charge in [0.15, 0.2) is 0 Å². The van der Waals surface area contributed by atoms with Crippen molar-refractivity contribution >= 4 is 15.9 Å². The smallest absolute Gasteiger partial charge is 0.223 e. The van der Waals surface area contributed by atoms with Crippen LogP contribution in [0.5, 0.6) is 0 Å². The van der Waals surface area contributed by atoms with Crippen LogP contribution >= 0.6 is 0 Å². The van der Waals surface area contributed by atoms with Gasteiger partial charge in [-0.15, -0.1) is 0 Å². The minimum absolute atomic E-state index is 0.0335. The van der Waals surface area contributed by atoms with Crippen LogP contribution in [0.3, 0.4) is 0 Å². The fraction of sp³-hybridized carbons (Fsp3) is 0.708.